The van der Waals surface area contributed by atoms with Crippen molar-refractivity contribution in [3.63, 3.8) is 0 Å². The van der Waals surface area contributed by atoms with Gasteiger partial charge in [-0.1, -0.05) is 4.48 Å². The molecule has 126 valence electrons. The van der Waals surface area contributed by atoms with Crippen molar-refractivity contribution in [2.24, 2.45) is 5.10 Å². The number of hydrogen-bond donors (Lipinski definition) is 4. The Balaban J connectivity index is 2.52. The van der Waals surface area contributed by atoms with Crippen molar-refractivity contribution >= 4 is 32.1 Å². The minimum absolute atomic E-state index is 0.439. The fourth-order valence-electron chi connectivity index (χ4n) is 1.55. The molecule has 10 nitrogen and oxygen atoms in total. The molecule has 0 fully saturated rings. The van der Waals surface area contributed by atoms with Gasteiger partial charge in [0.1, 0.15) is 10.6 Å². The van der Waals surface area contributed by atoms with Crippen molar-refractivity contribution in [1.82, 2.24) is 10.8 Å². The molecule has 0 aromatic heterocycles. The Kier molecular flexibility index (Phi) is 4.25. The number of nitrogens with zero attached hydrogens (tertiary/aromatic N) is 2. The maximum Gasteiger partial charge on any atom is 0.296 e. The molecular weight excluding hydrogens is 362 g/mol. The Labute approximate surface area is 128 Å². The summed E-state index contributed by atoms with van der Waals surface area (Å²) in [7, 11) is -9.67. The van der Waals surface area contributed by atoms with Crippen LogP contribution in [0.5, 0.6) is 0 Å². The van der Waals surface area contributed by atoms with Crippen molar-refractivity contribution in [1.29, 1.82) is 0 Å². The number of rotatable bonds is 4. The Morgan fingerprint density at radius 3 is 2.35 bits per heavy atom. The molecule has 0 radical (unpaired) electrons. The highest BCUT2D eigenvalue weighted by molar-refractivity contribution is 7.86. The van der Waals surface area contributed by atoms with Crippen LogP contribution in [0, 0.1) is 0 Å². The highest BCUT2D eigenvalue weighted by Crippen LogP contribution is 2.26. The maximum absolute atomic E-state index is 13.5. The van der Waals surface area contributed by atoms with E-state index in [4.69, 9.17) is 9.11 Å². The molecule has 1 aliphatic heterocycles. The average Bonchev–Trinajstić information content (AvgIpc) is 2.40. The molecule has 0 saturated heterocycles. The van der Waals surface area contributed by atoms with E-state index in [0.29, 0.717) is 12.3 Å². The van der Waals surface area contributed by atoms with Crippen molar-refractivity contribution < 1.29 is 34.8 Å². The predicted molar refractivity (Wildman–Crippen MR) is 72.4 cm³/mol. The molecule has 1 heterocycles. The lowest BCUT2D eigenvalue weighted by atomic mass is 10.3. The summed E-state index contributed by atoms with van der Waals surface area (Å²) in [5, 5.41) is 4.77. The van der Waals surface area contributed by atoms with Gasteiger partial charge in [0.25, 0.3) is 20.2 Å². The van der Waals surface area contributed by atoms with Crippen molar-refractivity contribution in [2.75, 3.05) is 5.32 Å². The molecule has 0 saturated carbocycles. The van der Waals surface area contributed by atoms with Crippen molar-refractivity contribution in [3.05, 3.63) is 29.8 Å². The first-order valence-electron chi connectivity index (χ1n) is 5.51. The van der Waals surface area contributed by atoms with Gasteiger partial charge in [0.15, 0.2) is 0 Å². The van der Waals surface area contributed by atoms with Gasteiger partial charge in [-0.05, 0) is 23.5 Å². The summed E-state index contributed by atoms with van der Waals surface area (Å²) in [6.45, 7) is 0. The standard InChI is InChI=1S/C9H8F2N4O6S2/c10-9-7(4-12-15(11)14-9)13-6-2-1-5(22(16,17)18)3-8(6)23(19,20)21/h1-4,13-14H,(H,16,17,18)(H,19,20,21). The highest BCUT2D eigenvalue weighted by Gasteiger charge is 2.22. The molecule has 4 N–H and O–H groups in total. The van der Waals surface area contributed by atoms with Gasteiger partial charge in [-0.3, -0.25) is 9.11 Å². The van der Waals surface area contributed by atoms with Crippen LogP contribution in [0.1, 0.15) is 0 Å². The van der Waals surface area contributed by atoms with Crippen LogP contribution in [-0.2, 0) is 20.2 Å². The molecule has 0 unspecified atom stereocenters. The number of hydrazine groups is 1. The van der Waals surface area contributed by atoms with E-state index in [1.165, 1.54) is 5.43 Å². The average molecular weight is 370 g/mol. The summed E-state index contributed by atoms with van der Waals surface area (Å²) in [6, 6.07) is 2.11. The zero-order chi connectivity index (χ0) is 17.4. The topological polar surface area (TPSA) is 148 Å². The molecule has 23 heavy (non-hydrogen) atoms. The number of nitrogens with one attached hydrogen (secondary N) is 2. The molecule has 1 aliphatic rings. The maximum atomic E-state index is 13.5. The third kappa shape index (κ3) is 3.92. The second-order valence-electron chi connectivity index (χ2n) is 4.08. The van der Waals surface area contributed by atoms with Gasteiger partial charge in [-0.15, -0.1) is 5.10 Å². The lowest BCUT2D eigenvalue weighted by Crippen LogP contribution is -2.30. The first-order chi connectivity index (χ1) is 10.5. The summed E-state index contributed by atoms with van der Waals surface area (Å²) in [5.41, 5.74) is 0.579. The van der Waals surface area contributed by atoms with Gasteiger partial charge in [0.2, 0.25) is 5.95 Å². The van der Waals surface area contributed by atoms with Gasteiger partial charge in [-0.25, -0.2) is 5.43 Å². The number of hydrogen-bond acceptors (Lipinski definition) is 8. The van der Waals surface area contributed by atoms with Crippen molar-refractivity contribution in [3.8, 4) is 0 Å². The minimum atomic E-state index is -4.93. The number of allylic oxidation sites excluding steroid dienone is 1. The van der Waals surface area contributed by atoms with Crippen LogP contribution >= 0.6 is 0 Å². The van der Waals surface area contributed by atoms with E-state index in [-0.39, 0.29) is 0 Å². The minimum Gasteiger partial charge on any atom is -0.349 e. The molecule has 0 atom stereocenters. The SMILES string of the molecule is O=S(=O)(O)c1ccc(NC2=C(F)NN(F)N=C2)c(S(=O)(=O)O)c1. The monoisotopic (exact) mass is 370 g/mol. The van der Waals surface area contributed by atoms with Gasteiger partial charge < -0.3 is 5.32 Å². The molecule has 14 heteroatoms. The molecule has 0 amide bonds. The predicted octanol–water partition coefficient (Wildman–Crippen LogP) is 0.421. The van der Waals surface area contributed by atoms with Crippen molar-refractivity contribution in [2.45, 2.75) is 9.79 Å². The van der Waals surface area contributed by atoms with Gasteiger partial charge in [-0.2, -0.15) is 21.2 Å². The lowest BCUT2D eigenvalue weighted by Gasteiger charge is -2.17. The van der Waals surface area contributed by atoms with E-state index < -0.39 is 52.7 Å². The number of hydrazone groups is 1. The molecule has 2 rings (SSSR count). The van der Waals surface area contributed by atoms with Gasteiger partial charge >= 0.3 is 0 Å². The van der Waals surface area contributed by atoms with E-state index in [2.05, 4.69) is 10.4 Å². The highest BCUT2D eigenvalue weighted by atomic mass is 32.2. The van der Waals surface area contributed by atoms with Gasteiger partial charge in [0.05, 0.1) is 16.8 Å². The van der Waals surface area contributed by atoms with Crippen LogP contribution in [0.15, 0.2) is 44.7 Å². The fraction of sp³-hybridized carbons (Fsp3) is 0. The summed E-state index contributed by atoms with van der Waals surface area (Å²) < 4.78 is 88.7. The molecular formula is C9H8F2N4O6S2. The zero-order valence-corrected chi connectivity index (χ0v) is 12.4. The van der Waals surface area contributed by atoms with E-state index in [0.717, 1.165) is 12.1 Å². The number of benzene rings is 1. The normalized spacial score (nSPS) is 15.6. The van der Waals surface area contributed by atoms with Crippen LogP contribution in [0.2, 0.25) is 0 Å². The number of anilines is 1. The first kappa shape index (κ1) is 17.1. The summed E-state index contributed by atoms with van der Waals surface area (Å²) in [4.78, 5) is -1.76. The van der Waals surface area contributed by atoms with E-state index >= 15 is 0 Å². The second kappa shape index (κ2) is 5.73. The van der Waals surface area contributed by atoms with Crippen LogP contribution in [0.3, 0.4) is 0 Å². The Morgan fingerprint density at radius 1 is 1.17 bits per heavy atom. The summed E-state index contributed by atoms with van der Waals surface area (Å²) >= 11 is 0. The Hall–Kier alpha value is -2.29. The van der Waals surface area contributed by atoms with E-state index in [1.54, 1.807) is 0 Å². The fourth-order valence-corrected chi connectivity index (χ4v) is 2.80. The van der Waals surface area contributed by atoms with E-state index in [9.17, 15) is 25.7 Å². The van der Waals surface area contributed by atoms with Crippen LogP contribution in [0.25, 0.3) is 0 Å². The third-order valence-corrected chi connectivity index (χ3v) is 4.26. The van der Waals surface area contributed by atoms with E-state index in [1.807, 2.05) is 0 Å². The Bertz CT molecular complexity index is 912. The molecule has 0 spiro atoms. The largest absolute Gasteiger partial charge is 0.349 e. The second-order valence-corrected chi connectivity index (χ2v) is 6.89. The lowest BCUT2D eigenvalue weighted by molar-refractivity contribution is -0.0273. The smallest absolute Gasteiger partial charge is 0.296 e. The molecule has 0 bridgehead atoms. The quantitative estimate of drug-likeness (QED) is 0.336. The Morgan fingerprint density at radius 2 is 1.83 bits per heavy atom. The first-order valence-corrected chi connectivity index (χ1v) is 8.39. The summed E-state index contributed by atoms with van der Waals surface area (Å²) in [5.74, 6) is -1.26. The number of halogens is 2. The van der Waals surface area contributed by atoms with Crippen LogP contribution in [-0.4, -0.2) is 37.5 Å². The molecule has 1 aromatic carbocycles. The summed E-state index contributed by atoms with van der Waals surface area (Å²) in [6.07, 6.45) is 0.663. The third-order valence-electron chi connectivity index (χ3n) is 2.51. The van der Waals surface area contributed by atoms with Crippen LogP contribution in [0.4, 0.5) is 14.6 Å². The van der Waals surface area contributed by atoms with Gasteiger partial charge in [0, 0.05) is 0 Å². The van der Waals surface area contributed by atoms with Crippen LogP contribution < -0.4 is 10.7 Å². The molecule has 0 aliphatic carbocycles. The molecule has 1 aromatic rings. The zero-order valence-electron chi connectivity index (χ0n) is 10.8.